The minimum absolute atomic E-state index is 0.0217. The van der Waals surface area contributed by atoms with Crippen LogP contribution in [0.4, 0.5) is 4.39 Å². The summed E-state index contributed by atoms with van der Waals surface area (Å²) in [4.78, 5) is 24.2. The summed E-state index contributed by atoms with van der Waals surface area (Å²) >= 11 is 0. The summed E-state index contributed by atoms with van der Waals surface area (Å²) in [6.45, 7) is 0.599. The highest BCUT2D eigenvalue weighted by molar-refractivity contribution is 5.78. The molecule has 0 saturated carbocycles. The summed E-state index contributed by atoms with van der Waals surface area (Å²) in [6, 6.07) is 5.94. The monoisotopic (exact) mass is 297 g/mol. The number of rotatable bonds is 5. The van der Waals surface area contributed by atoms with Gasteiger partial charge in [-0.2, -0.15) is 0 Å². The van der Waals surface area contributed by atoms with Crippen molar-refractivity contribution in [2.75, 3.05) is 26.3 Å². The Morgan fingerprint density at radius 3 is 2.90 bits per heavy atom. The third-order valence-electron chi connectivity index (χ3n) is 3.10. The van der Waals surface area contributed by atoms with Crippen LogP contribution in [0.5, 0.6) is 5.75 Å². The van der Waals surface area contributed by atoms with Gasteiger partial charge in [0.2, 0.25) is 5.91 Å². The van der Waals surface area contributed by atoms with Crippen molar-refractivity contribution in [3.8, 4) is 5.75 Å². The van der Waals surface area contributed by atoms with E-state index in [2.05, 4.69) is 0 Å². The minimum Gasteiger partial charge on any atom is -0.490 e. The number of hydrogen-bond donors (Lipinski definition) is 1. The maximum atomic E-state index is 13.3. The number of carboxylic acids is 1. The van der Waals surface area contributed by atoms with Gasteiger partial charge in [0.25, 0.3) is 0 Å². The third kappa shape index (κ3) is 4.16. The van der Waals surface area contributed by atoms with Crippen molar-refractivity contribution in [2.45, 2.75) is 12.5 Å². The van der Waals surface area contributed by atoms with E-state index in [0.717, 1.165) is 0 Å². The van der Waals surface area contributed by atoms with Crippen LogP contribution >= 0.6 is 0 Å². The van der Waals surface area contributed by atoms with Crippen LogP contribution in [0.1, 0.15) is 6.42 Å². The van der Waals surface area contributed by atoms with Gasteiger partial charge >= 0.3 is 5.97 Å². The average Bonchev–Trinajstić information content (AvgIpc) is 2.49. The van der Waals surface area contributed by atoms with E-state index in [0.29, 0.717) is 6.54 Å². The summed E-state index contributed by atoms with van der Waals surface area (Å²) < 4.78 is 23.5. The average molecular weight is 297 g/mol. The third-order valence-corrected chi connectivity index (χ3v) is 3.10. The van der Waals surface area contributed by atoms with Crippen molar-refractivity contribution in [1.29, 1.82) is 0 Å². The van der Waals surface area contributed by atoms with Crippen LogP contribution in [0, 0.1) is 5.82 Å². The first kappa shape index (κ1) is 15.2. The van der Waals surface area contributed by atoms with Crippen molar-refractivity contribution in [3.05, 3.63) is 30.1 Å². The van der Waals surface area contributed by atoms with Gasteiger partial charge in [-0.15, -0.1) is 0 Å². The lowest BCUT2D eigenvalue weighted by molar-refractivity contribution is -0.159. The second-order valence-electron chi connectivity index (χ2n) is 4.57. The molecule has 0 radical (unpaired) electrons. The Balaban J connectivity index is 1.79. The molecule has 0 bridgehead atoms. The fourth-order valence-electron chi connectivity index (χ4n) is 1.99. The molecule has 0 aromatic heterocycles. The quantitative estimate of drug-likeness (QED) is 0.874. The lowest BCUT2D eigenvalue weighted by Gasteiger charge is -2.30. The number of nitrogens with zero attached hydrogens (tertiary/aromatic N) is 1. The maximum absolute atomic E-state index is 13.3. The summed E-state index contributed by atoms with van der Waals surface area (Å²) in [5.74, 6) is -1.71. The van der Waals surface area contributed by atoms with Crippen LogP contribution in [0.3, 0.4) is 0 Å². The zero-order valence-electron chi connectivity index (χ0n) is 11.3. The second kappa shape index (κ2) is 7.03. The lowest BCUT2D eigenvalue weighted by atomic mass is 10.2. The highest BCUT2D eigenvalue weighted by atomic mass is 19.1. The van der Waals surface area contributed by atoms with Crippen molar-refractivity contribution in [1.82, 2.24) is 4.90 Å². The molecule has 1 aromatic carbocycles. The van der Waals surface area contributed by atoms with Gasteiger partial charge in [0.1, 0.15) is 0 Å². The Kier molecular flexibility index (Phi) is 5.10. The number of carbonyl (C=O) groups excluding carboxylic acids is 1. The summed E-state index contributed by atoms with van der Waals surface area (Å²) in [5.41, 5.74) is 0. The molecule has 2 rings (SSSR count). The number of ether oxygens (including phenoxy) is 2. The predicted octanol–water partition coefficient (Wildman–Crippen LogP) is 0.907. The number of hydrogen-bond acceptors (Lipinski definition) is 4. The number of halogens is 1. The van der Waals surface area contributed by atoms with E-state index in [1.807, 2.05) is 0 Å². The number of para-hydroxylation sites is 1. The van der Waals surface area contributed by atoms with Crippen LogP contribution in [-0.2, 0) is 14.3 Å². The van der Waals surface area contributed by atoms with Crippen LogP contribution < -0.4 is 4.74 Å². The molecular weight excluding hydrogens is 281 g/mol. The fourth-order valence-corrected chi connectivity index (χ4v) is 1.99. The van der Waals surface area contributed by atoms with E-state index in [4.69, 9.17) is 14.6 Å². The smallest absolute Gasteiger partial charge is 0.334 e. The first-order valence-corrected chi connectivity index (χ1v) is 6.57. The molecule has 7 heteroatoms. The number of carbonyl (C=O) groups is 2. The molecule has 1 aromatic rings. The maximum Gasteiger partial charge on any atom is 0.334 e. The van der Waals surface area contributed by atoms with E-state index in [1.165, 1.54) is 17.0 Å². The Morgan fingerprint density at radius 2 is 2.19 bits per heavy atom. The SMILES string of the molecule is O=C(O)[C@H]1CN(C(=O)CCOc2ccccc2F)CCO1. The molecule has 1 saturated heterocycles. The van der Waals surface area contributed by atoms with E-state index in [1.54, 1.807) is 12.1 Å². The van der Waals surface area contributed by atoms with E-state index < -0.39 is 17.9 Å². The molecule has 1 heterocycles. The number of carboxylic acid groups (broad SMARTS) is 1. The fraction of sp³-hybridized carbons (Fsp3) is 0.429. The molecule has 0 aliphatic carbocycles. The molecule has 1 fully saturated rings. The van der Waals surface area contributed by atoms with Crippen LogP contribution in [0.2, 0.25) is 0 Å². The molecule has 1 aliphatic heterocycles. The van der Waals surface area contributed by atoms with Gasteiger partial charge in [0.15, 0.2) is 17.7 Å². The molecule has 0 spiro atoms. The van der Waals surface area contributed by atoms with Crippen molar-refractivity contribution >= 4 is 11.9 Å². The first-order valence-electron chi connectivity index (χ1n) is 6.57. The molecule has 1 atom stereocenters. The van der Waals surface area contributed by atoms with E-state index in [-0.39, 0.29) is 37.8 Å². The highest BCUT2D eigenvalue weighted by Crippen LogP contribution is 2.15. The molecule has 6 nitrogen and oxygen atoms in total. The molecule has 1 amide bonds. The molecular formula is C14H16FNO5. The number of amides is 1. The molecule has 0 unspecified atom stereocenters. The number of aliphatic carboxylic acids is 1. The van der Waals surface area contributed by atoms with Gasteiger partial charge in [-0.1, -0.05) is 12.1 Å². The predicted molar refractivity (Wildman–Crippen MR) is 70.5 cm³/mol. The van der Waals surface area contributed by atoms with Crippen LogP contribution in [0.25, 0.3) is 0 Å². The van der Waals surface area contributed by atoms with Gasteiger partial charge in [0.05, 0.1) is 26.2 Å². The van der Waals surface area contributed by atoms with Crippen LogP contribution in [0.15, 0.2) is 24.3 Å². The molecule has 1 aliphatic rings. The van der Waals surface area contributed by atoms with E-state index >= 15 is 0 Å². The zero-order chi connectivity index (χ0) is 15.2. The first-order chi connectivity index (χ1) is 10.1. The minimum atomic E-state index is -1.09. The van der Waals surface area contributed by atoms with Gasteiger partial charge < -0.3 is 19.5 Å². The van der Waals surface area contributed by atoms with E-state index in [9.17, 15) is 14.0 Å². The van der Waals surface area contributed by atoms with Crippen molar-refractivity contribution < 1.29 is 28.6 Å². The highest BCUT2D eigenvalue weighted by Gasteiger charge is 2.28. The molecule has 114 valence electrons. The van der Waals surface area contributed by atoms with Gasteiger partial charge in [-0.3, -0.25) is 4.79 Å². The van der Waals surface area contributed by atoms with Crippen molar-refractivity contribution in [2.24, 2.45) is 0 Å². The molecule has 21 heavy (non-hydrogen) atoms. The Hall–Kier alpha value is -2.15. The standard InChI is InChI=1S/C14H16FNO5/c15-10-3-1-2-4-11(10)20-7-5-13(17)16-6-8-21-12(9-16)14(18)19/h1-4,12H,5-9H2,(H,18,19)/t12-/m1/s1. The topological polar surface area (TPSA) is 76.1 Å². The zero-order valence-corrected chi connectivity index (χ0v) is 11.3. The lowest BCUT2D eigenvalue weighted by Crippen LogP contribution is -2.48. The summed E-state index contributed by atoms with van der Waals surface area (Å²) in [5, 5.41) is 8.86. The Labute approximate surface area is 121 Å². The van der Waals surface area contributed by atoms with Gasteiger partial charge in [0, 0.05) is 6.54 Å². The summed E-state index contributed by atoms with van der Waals surface area (Å²) in [6.07, 6.45) is -0.934. The van der Waals surface area contributed by atoms with Crippen LogP contribution in [-0.4, -0.2) is 54.3 Å². The Bertz CT molecular complexity index is 522. The normalized spacial score (nSPS) is 18.3. The van der Waals surface area contributed by atoms with Crippen molar-refractivity contribution in [3.63, 3.8) is 0 Å². The number of benzene rings is 1. The largest absolute Gasteiger partial charge is 0.490 e. The molecule has 1 N–H and O–H groups in total. The Morgan fingerprint density at radius 1 is 1.43 bits per heavy atom. The van der Waals surface area contributed by atoms with Gasteiger partial charge in [-0.05, 0) is 12.1 Å². The number of morpholine rings is 1. The van der Waals surface area contributed by atoms with Gasteiger partial charge in [-0.25, -0.2) is 9.18 Å². The summed E-state index contributed by atoms with van der Waals surface area (Å²) in [7, 11) is 0. The second-order valence-corrected chi connectivity index (χ2v) is 4.57.